The van der Waals surface area contributed by atoms with Crippen LogP contribution in [0, 0.1) is 24.1 Å². The van der Waals surface area contributed by atoms with Gasteiger partial charge in [0.25, 0.3) is 0 Å². The Bertz CT molecular complexity index is 903. The van der Waals surface area contributed by atoms with Gasteiger partial charge in [0.05, 0.1) is 23.1 Å². The van der Waals surface area contributed by atoms with Gasteiger partial charge in [0.1, 0.15) is 5.82 Å². The predicted molar refractivity (Wildman–Crippen MR) is 86.1 cm³/mol. The topological polar surface area (TPSA) is 99.1 Å². The molecule has 0 aliphatic rings. The summed E-state index contributed by atoms with van der Waals surface area (Å²) in [5, 5.41) is 11.2. The molecular formula is C16H14FN3O3S. The smallest absolute Gasteiger partial charge is 0.241 e. The Balaban J connectivity index is 2.00. The van der Waals surface area contributed by atoms with Gasteiger partial charge < -0.3 is 5.32 Å². The number of aryl methyl sites for hydroxylation is 1. The van der Waals surface area contributed by atoms with Crippen molar-refractivity contribution < 1.29 is 17.6 Å². The molecule has 6 nitrogen and oxygen atoms in total. The van der Waals surface area contributed by atoms with Crippen LogP contribution in [0.3, 0.4) is 0 Å². The van der Waals surface area contributed by atoms with Crippen LogP contribution in [0.2, 0.25) is 0 Å². The molecule has 0 radical (unpaired) electrons. The summed E-state index contributed by atoms with van der Waals surface area (Å²) in [6.07, 6.45) is 0. The number of carbonyl (C=O) groups excluding carboxylic acids is 1. The molecule has 8 heteroatoms. The van der Waals surface area contributed by atoms with E-state index in [1.165, 1.54) is 31.2 Å². The van der Waals surface area contributed by atoms with Crippen molar-refractivity contribution >= 4 is 21.6 Å². The summed E-state index contributed by atoms with van der Waals surface area (Å²) in [5.41, 5.74) is 1.13. The molecule has 0 heterocycles. The van der Waals surface area contributed by atoms with E-state index in [4.69, 9.17) is 5.26 Å². The Morgan fingerprint density at radius 3 is 2.46 bits per heavy atom. The molecule has 0 spiro atoms. The van der Waals surface area contributed by atoms with Gasteiger partial charge in [-0.2, -0.15) is 5.26 Å². The molecule has 0 saturated carbocycles. The lowest BCUT2D eigenvalue weighted by molar-refractivity contribution is -0.115. The standard InChI is InChI=1S/C16H14FN3O3S/c1-11-8-13(17)4-7-15(11)24(22,23)19-10-16(21)20-14-5-2-12(9-18)3-6-14/h2-8,19H,10H2,1H3,(H,20,21). The maximum atomic E-state index is 13.0. The van der Waals surface area contributed by atoms with E-state index < -0.39 is 28.3 Å². The molecule has 2 N–H and O–H groups in total. The highest BCUT2D eigenvalue weighted by Crippen LogP contribution is 2.15. The summed E-state index contributed by atoms with van der Waals surface area (Å²) in [6.45, 7) is 0.994. The summed E-state index contributed by atoms with van der Waals surface area (Å²) < 4.78 is 39.5. The van der Waals surface area contributed by atoms with E-state index in [0.717, 1.165) is 18.2 Å². The first-order chi connectivity index (χ1) is 11.3. The molecule has 1 amide bonds. The molecular weight excluding hydrogens is 333 g/mol. The molecule has 0 aromatic heterocycles. The third kappa shape index (κ3) is 4.38. The van der Waals surface area contributed by atoms with Crippen LogP contribution in [0.15, 0.2) is 47.4 Å². The average Bonchev–Trinajstić information content (AvgIpc) is 2.53. The van der Waals surface area contributed by atoms with Crippen molar-refractivity contribution in [1.82, 2.24) is 4.72 Å². The van der Waals surface area contributed by atoms with Crippen molar-refractivity contribution in [2.45, 2.75) is 11.8 Å². The molecule has 24 heavy (non-hydrogen) atoms. The van der Waals surface area contributed by atoms with Crippen molar-refractivity contribution in [2.24, 2.45) is 0 Å². The molecule has 124 valence electrons. The zero-order chi connectivity index (χ0) is 17.7. The van der Waals surface area contributed by atoms with Gasteiger partial charge in [0, 0.05) is 5.69 Å². The number of hydrogen-bond donors (Lipinski definition) is 2. The fraction of sp³-hybridized carbons (Fsp3) is 0.125. The summed E-state index contributed by atoms with van der Waals surface area (Å²) >= 11 is 0. The largest absolute Gasteiger partial charge is 0.325 e. The van der Waals surface area contributed by atoms with Crippen LogP contribution in [0.1, 0.15) is 11.1 Å². The minimum atomic E-state index is -3.93. The van der Waals surface area contributed by atoms with Crippen LogP contribution >= 0.6 is 0 Å². The highest BCUT2D eigenvalue weighted by atomic mass is 32.2. The first-order valence-corrected chi connectivity index (χ1v) is 8.36. The van der Waals surface area contributed by atoms with Crippen LogP contribution in [0.25, 0.3) is 0 Å². The number of hydrogen-bond acceptors (Lipinski definition) is 4. The zero-order valence-electron chi connectivity index (χ0n) is 12.7. The van der Waals surface area contributed by atoms with E-state index in [1.54, 1.807) is 0 Å². The molecule has 0 aliphatic carbocycles. The number of nitriles is 1. The van der Waals surface area contributed by atoms with E-state index in [1.807, 2.05) is 6.07 Å². The summed E-state index contributed by atoms with van der Waals surface area (Å²) in [4.78, 5) is 11.7. The average molecular weight is 347 g/mol. The Morgan fingerprint density at radius 2 is 1.88 bits per heavy atom. The third-order valence-corrected chi connectivity index (χ3v) is 4.71. The molecule has 0 unspecified atom stereocenters. The maximum Gasteiger partial charge on any atom is 0.241 e. The summed E-state index contributed by atoms with van der Waals surface area (Å²) in [5.74, 6) is -1.10. The zero-order valence-corrected chi connectivity index (χ0v) is 13.5. The van der Waals surface area contributed by atoms with Gasteiger partial charge in [0.2, 0.25) is 15.9 Å². The van der Waals surface area contributed by atoms with Crippen molar-refractivity contribution in [3.63, 3.8) is 0 Å². The number of amides is 1. The van der Waals surface area contributed by atoms with Crippen LogP contribution in [0.5, 0.6) is 0 Å². The van der Waals surface area contributed by atoms with E-state index in [2.05, 4.69) is 10.0 Å². The number of nitrogens with one attached hydrogen (secondary N) is 2. The fourth-order valence-electron chi connectivity index (χ4n) is 1.99. The van der Waals surface area contributed by atoms with Crippen LogP contribution < -0.4 is 10.0 Å². The van der Waals surface area contributed by atoms with Gasteiger partial charge in [-0.1, -0.05) is 0 Å². The second-order valence-electron chi connectivity index (χ2n) is 4.97. The van der Waals surface area contributed by atoms with E-state index in [-0.39, 0.29) is 10.5 Å². The molecule has 0 aliphatic heterocycles. The highest BCUT2D eigenvalue weighted by molar-refractivity contribution is 7.89. The number of sulfonamides is 1. The Hall–Kier alpha value is -2.76. The highest BCUT2D eigenvalue weighted by Gasteiger charge is 2.18. The number of halogens is 1. The number of benzene rings is 2. The monoisotopic (exact) mass is 347 g/mol. The van der Waals surface area contributed by atoms with Gasteiger partial charge in [-0.3, -0.25) is 4.79 Å². The minimum Gasteiger partial charge on any atom is -0.325 e. The summed E-state index contributed by atoms with van der Waals surface area (Å²) in [6, 6.07) is 11.4. The van der Waals surface area contributed by atoms with Crippen molar-refractivity contribution in [1.29, 1.82) is 5.26 Å². The maximum absolute atomic E-state index is 13.0. The normalized spacial score (nSPS) is 10.9. The van der Waals surface area contributed by atoms with Crippen LogP contribution in [0.4, 0.5) is 10.1 Å². The number of carbonyl (C=O) groups is 1. The van der Waals surface area contributed by atoms with E-state index in [9.17, 15) is 17.6 Å². The third-order valence-electron chi connectivity index (χ3n) is 3.15. The Labute approximate surface area is 139 Å². The molecule has 2 aromatic carbocycles. The first kappa shape index (κ1) is 17.6. The van der Waals surface area contributed by atoms with Crippen molar-refractivity contribution in [2.75, 3.05) is 11.9 Å². The second kappa shape index (κ2) is 7.21. The van der Waals surface area contributed by atoms with Gasteiger partial charge in [-0.05, 0) is 55.0 Å². The SMILES string of the molecule is Cc1cc(F)ccc1S(=O)(=O)NCC(=O)Nc1ccc(C#N)cc1. The predicted octanol–water partition coefficient (Wildman–Crippen LogP) is 1.92. The molecule has 0 saturated heterocycles. The first-order valence-electron chi connectivity index (χ1n) is 6.87. The number of anilines is 1. The Kier molecular flexibility index (Phi) is 5.28. The fourth-order valence-corrected chi connectivity index (χ4v) is 3.19. The van der Waals surface area contributed by atoms with E-state index >= 15 is 0 Å². The molecule has 0 fully saturated rings. The molecule has 2 aromatic rings. The molecule has 0 atom stereocenters. The number of nitrogens with zero attached hydrogens (tertiary/aromatic N) is 1. The van der Waals surface area contributed by atoms with Crippen molar-refractivity contribution in [3.05, 3.63) is 59.4 Å². The molecule has 2 rings (SSSR count). The van der Waals surface area contributed by atoms with Crippen LogP contribution in [-0.4, -0.2) is 20.9 Å². The lowest BCUT2D eigenvalue weighted by Gasteiger charge is -2.10. The van der Waals surface area contributed by atoms with Crippen LogP contribution in [-0.2, 0) is 14.8 Å². The lowest BCUT2D eigenvalue weighted by Crippen LogP contribution is -2.33. The van der Waals surface area contributed by atoms with Gasteiger partial charge in [-0.15, -0.1) is 0 Å². The number of rotatable bonds is 5. The molecule has 0 bridgehead atoms. The van der Waals surface area contributed by atoms with E-state index in [0.29, 0.717) is 11.3 Å². The second-order valence-corrected chi connectivity index (χ2v) is 6.71. The quantitative estimate of drug-likeness (QED) is 0.863. The summed E-state index contributed by atoms with van der Waals surface area (Å²) in [7, 11) is -3.93. The van der Waals surface area contributed by atoms with Gasteiger partial charge in [-0.25, -0.2) is 17.5 Å². The van der Waals surface area contributed by atoms with Crippen molar-refractivity contribution in [3.8, 4) is 6.07 Å². The lowest BCUT2D eigenvalue weighted by atomic mass is 10.2. The van der Waals surface area contributed by atoms with Gasteiger partial charge >= 0.3 is 0 Å². The van der Waals surface area contributed by atoms with Gasteiger partial charge in [0.15, 0.2) is 0 Å². The Morgan fingerprint density at radius 1 is 1.21 bits per heavy atom. The minimum absolute atomic E-state index is 0.0879.